The van der Waals surface area contributed by atoms with Crippen molar-refractivity contribution in [2.45, 2.75) is 6.92 Å². The van der Waals surface area contributed by atoms with Crippen LogP contribution in [-0.4, -0.2) is 27.8 Å². The lowest BCUT2D eigenvalue weighted by Gasteiger charge is -2.08. The minimum atomic E-state index is -0.104. The highest BCUT2D eigenvalue weighted by Crippen LogP contribution is 1.98. The topological polar surface area (TPSA) is 67.2 Å². The van der Waals surface area contributed by atoms with E-state index < -0.39 is 0 Å². The average Bonchev–Trinajstić information content (AvgIpc) is 2.09. The molecule has 0 spiro atoms. The highest BCUT2D eigenvalue weighted by Gasteiger charge is 2.01. The number of aromatic nitrogens is 2. The maximum absolute atomic E-state index is 11.2. The third kappa shape index (κ3) is 2.29. The normalized spacial score (nSPS) is 10.1. The van der Waals surface area contributed by atoms with Crippen LogP contribution in [-0.2, 0) is 7.05 Å². The first kappa shape index (κ1) is 9.73. The number of aliphatic hydroxyl groups excluding tert-OH is 1. The first-order chi connectivity index (χ1) is 6.15. The number of rotatable bonds is 3. The fourth-order valence-electron chi connectivity index (χ4n) is 0.980. The third-order valence-electron chi connectivity index (χ3n) is 1.66. The lowest BCUT2D eigenvalue weighted by Crippen LogP contribution is -2.23. The molecule has 0 aliphatic carbocycles. The smallest absolute Gasteiger partial charge is 0.254 e. The van der Waals surface area contributed by atoms with Crippen molar-refractivity contribution in [1.82, 2.24) is 9.55 Å². The van der Waals surface area contributed by atoms with E-state index in [0.29, 0.717) is 18.2 Å². The SMILES string of the molecule is Cc1cc(=O)n(C)c(NCCO)n1. The molecule has 1 rings (SSSR count). The Hall–Kier alpha value is -1.36. The Morgan fingerprint density at radius 3 is 3.00 bits per heavy atom. The number of anilines is 1. The van der Waals surface area contributed by atoms with Crippen molar-refractivity contribution < 1.29 is 5.11 Å². The molecule has 0 atom stereocenters. The van der Waals surface area contributed by atoms with Crippen molar-refractivity contribution in [1.29, 1.82) is 0 Å². The Balaban J connectivity index is 2.99. The van der Waals surface area contributed by atoms with Crippen LogP contribution in [0.3, 0.4) is 0 Å². The Kier molecular flexibility index (Phi) is 3.02. The monoisotopic (exact) mass is 183 g/mol. The Labute approximate surface area is 76.0 Å². The van der Waals surface area contributed by atoms with Crippen LogP contribution in [0.25, 0.3) is 0 Å². The number of nitrogens with zero attached hydrogens (tertiary/aromatic N) is 2. The van der Waals surface area contributed by atoms with Gasteiger partial charge in [0.2, 0.25) is 5.95 Å². The molecule has 0 saturated heterocycles. The molecule has 0 saturated carbocycles. The molecule has 1 aromatic rings. The van der Waals surface area contributed by atoms with Crippen LogP contribution in [0.4, 0.5) is 5.95 Å². The zero-order valence-electron chi connectivity index (χ0n) is 7.74. The quantitative estimate of drug-likeness (QED) is 0.662. The molecule has 0 fully saturated rings. The maximum Gasteiger partial charge on any atom is 0.254 e. The summed E-state index contributed by atoms with van der Waals surface area (Å²) in [4.78, 5) is 15.4. The molecule has 0 aromatic carbocycles. The fourth-order valence-corrected chi connectivity index (χ4v) is 0.980. The molecule has 1 heterocycles. The summed E-state index contributed by atoms with van der Waals surface area (Å²) in [6.45, 7) is 2.17. The third-order valence-corrected chi connectivity index (χ3v) is 1.66. The molecule has 0 unspecified atom stereocenters. The molecule has 1 aromatic heterocycles. The Morgan fingerprint density at radius 1 is 1.69 bits per heavy atom. The van der Waals surface area contributed by atoms with Crippen molar-refractivity contribution in [2.24, 2.45) is 7.05 Å². The summed E-state index contributed by atoms with van der Waals surface area (Å²) < 4.78 is 1.41. The lowest BCUT2D eigenvalue weighted by atomic mass is 10.4. The summed E-state index contributed by atoms with van der Waals surface area (Å²) in [5, 5.41) is 11.4. The largest absolute Gasteiger partial charge is 0.395 e. The van der Waals surface area contributed by atoms with Gasteiger partial charge >= 0.3 is 0 Å². The van der Waals surface area contributed by atoms with E-state index in [-0.39, 0.29) is 12.2 Å². The van der Waals surface area contributed by atoms with Crippen LogP contribution in [0, 0.1) is 6.92 Å². The molecule has 5 heteroatoms. The van der Waals surface area contributed by atoms with Gasteiger partial charge in [0.1, 0.15) is 0 Å². The lowest BCUT2D eigenvalue weighted by molar-refractivity contribution is 0.310. The minimum absolute atomic E-state index is 0.0177. The number of hydrogen-bond acceptors (Lipinski definition) is 4. The summed E-state index contributed by atoms with van der Waals surface area (Å²) in [5.41, 5.74) is 0.566. The highest BCUT2D eigenvalue weighted by molar-refractivity contribution is 5.26. The highest BCUT2D eigenvalue weighted by atomic mass is 16.3. The van der Waals surface area contributed by atoms with Crippen molar-refractivity contribution in [3.63, 3.8) is 0 Å². The minimum Gasteiger partial charge on any atom is -0.395 e. The van der Waals surface area contributed by atoms with Gasteiger partial charge in [-0.05, 0) is 6.92 Å². The summed E-state index contributed by atoms with van der Waals surface area (Å²) in [6.07, 6.45) is 0. The number of nitrogens with one attached hydrogen (secondary N) is 1. The summed E-state index contributed by atoms with van der Waals surface area (Å²) in [6, 6.07) is 1.46. The van der Waals surface area contributed by atoms with E-state index in [9.17, 15) is 4.79 Å². The number of hydrogen-bond donors (Lipinski definition) is 2. The fraction of sp³-hybridized carbons (Fsp3) is 0.500. The number of aliphatic hydroxyl groups is 1. The zero-order chi connectivity index (χ0) is 9.84. The molecule has 13 heavy (non-hydrogen) atoms. The second-order valence-electron chi connectivity index (χ2n) is 2.77. The second-order valence-corrected chi connectivity index (χ2v) is 2.77. The van der Waals surface area contributed by atoms with Crippen molar-refractivity contribution in [3.8, 4) is 0 Å². The van der Waals surface area contributed by atoms with Crippen LogP contribution < -0.4 is 10.9 Å². The van der Waals surface area contributed by atoms with E-state index >= 15 is 0 Å². The van der Waals surface area contributed by atoms with Crippen molar-refractivity contribution in [2.75, 3.05) is 18.5 Å². The molecule has 0 aliphatic rings. The van der Waals surface area contributed by atoms with Crippen LogP contribution >= 0.6 is 0 Å². The van der Waals surface area contributed by atoms with Gasteiger partial charge in [-0.1, -0.05) is 0 Å². The first-order valence-corrected chi connectivity index (χ1v) is 4.04. The van der Waals surface area contributed by atoms with Crippen molar-refractivity contribution >= 4 is 5.95 Å². The molecule has 0 aliphatic heterocycles. The zero-order valence-corrected chi connectivity index (χ0v) is 7.74. The molecule has 0 radical (unpaired) electrons. The average molecular weight is 183 g/mol. The Bertz CT molecular complexity index is 346. The van der Waals surface area contributed by atoms with Gasteiger partial charge < -0.3 is 10.4 Å². The molecule has 0 amide bonds. The van der Waals surface area contributed by atoms with Gasteiger partial charge in [-0.15, -0.1) is 0 Å². The van der Waals surface area contributed by atoms with E-state index in [1.807, 2.05) is 0 Å². The summed E-state index contributed by atoms with van der Waals surface area (Å²) in [7, 11) is 1.63. The number of aryl methyl sites for hydroxylation is 1. The van der Waals surface area contributed by atoms with Gasteiger partial charge in [-0.25, -0.2) is 4.98 Å². The first-order valence-electron chi connectivity index (χ1n) is 4.04. The predicted molar refractivity (Wildman–Crippen MR) is 49.8 cm³/mol. The van der Waals surface area contributed by atoms with E-state index in [4.69, 9.17) is 5.11 Å². The van der Waals surface area contributed by atoms with Crippen LogP contribution in [0.5, 0.6) is 0 Å². The van der Waals surface area contributed by atoms with Gasteiger partial charge in [-0.2, -0.15) is 0 Å². The summed E-state index contributed by atoms with van der Waals surface area (Å²) in [5.74, 6) is 0.485. The molecule has 2 N–H and O–H groups in total. The van der Waals surface area contributed by atoms with Crippen LogP contribution in [0.1, 0.15) is 5.69 Å². The molecule has 72 valence electrons. The Morgan fingerprint density at radius 2 is 2.38 bits per heavy atom. The molecule has 5 nitrogen and oxygen atoms in total. The van der Waals surface area contributed by atoms with Crippen LogP contribution in [0.2, 0.25) is 0 Å². The second kappa shape index (κ2) is 4.04. The maximum atomic E-state index is 11.2. The van der Waals surface area contributed by atoms with Gasteiger partial charge in [0, 0.05) is 25.4 Å². The van der Waals surface area contributed by atoms with Crippen molar-refractivity contribution in [3.05, 3.63) is 22.1 Å². The van der Waals surface area contributed by atoms with E-state index in [1.165, 1.54) is 10.6 Å². The standard InChI is InChI=1S/C8H13N3O2/c1-6-5-7(13)11(2)8(10-6)9-3-4-12/h5,12H,3-4H2,1-2H3,(H,9,10). The van der Waals surface area contributed by atoms with E-state index in [1.54, 1.807) is 14.0 Å². The van der Waals surface area contributed by atoms with E-state index in [0.717, 1.165) is 0 Å². The van der Waals surface area contributed by atoms with Gasteiger partial charge in [0.15, 0.2) is 0 Å². The van der Waals surface area contributed by atoms with Gasteiger partial charge in [0.05, 0.1) is 6.61 Å². The van der Waals surface area contributed by atoms with E-state index in [2.05, 4.69) is 10.3 Å². The van der Waals surface area contributed by atoms with Gasteiger partial charge in [-0.3, -0.25) is 9.36 Å². The van der Waals surface area contributed by atoms with Gasteiger partial charge in [0.25, 0.3) is 5.56 Å². The molecule has 0 bridgehead atoms. The molecular weight excluding hydrogens is 170 g/mol. The summed E-state index contributed by atoms with van der Waals surface area (Å²) >= 11 is 0. The molecular formula is C8H13N3O2. The predicted octanol–water partition coefficient (Wildman–Crippen LogP) is -0.507. The van der Waals surface area contributed by atoms with Crippen LogP contribution in [0.15, 0.2) is 10.9 Å².